The van der Waals surface area contributed by atoms with E-state index >= 15 is 0 Å². The Kier molecular flexibility index (Phi) is 20.0. The van der Waals surface area contributed by atoms with Crippen LogP contribution in [0.5, 0.6) is 11.5 Å². The molecular formula is C72H76N2O6S2. The molecule has 422 valence electrons. The molecule has 0 N–H and O–H groups in total. The zero-order chi connectivity index (χ0) is 55.7. The molecule has 0 aliphatic carbocycles. The maximum absolute atomic E-state index is 7.03. The zero-order valence-corrected chi connectivity index (χ0v) is 49.2. The molecule has 2 saturated heterocycles. The van der Waals surface area contributed by atoms with E-state index in [1.165, 1.54) is 73.6 Å². The summed E-state index contributed by atoms with van der Waals surface area (Å²) < 4.78 is 37.7. The van der Waals surface area contributed by atoms with E-state index in [1.54, 1.807) is 22.7 Å². The molecule has 10 heteroatoms. The normalized spacial score (nSPS) is 13.7. The van der Waals surface area contributed by atoms with Gasteiger partial charge in [-0.25, -0.2) is 0 Å². The monoisotopic (exact) mass is 1130 g/mol. The van der Waals surface area contributed by atoms with Crippen LogP contribution < -0.4 is 19.3 Å². The highest BCUT2D eigenvalue weighted by atomic mass is 32.1. The summed E-state index contributed by atoms with van der Waals surface area (Å²) in [6.45, 7) is 8.20. The minimum absolute atomic E-state index is 0.348. The molecule has 0 unspecified atom stereocenters. The summed E-state index contributed by atoms with van der Waals surface area (Å²) in [5, 5.41) is 2.17. The maximum atomic E-state index is 7.03. The third kappa shape index (κ3) is 14.2. The molecule has 0 spiro atoms. The van der Waals surface area contributed by atoms with Gasteiger partial charge in [0, 0.05) is 54.8 Å². The van der Waals surface area contributed by atoms with Gasteiger partial charge in [0.05, 0.1) is 39.6 Å². The Morgan fingerprint density at radius 3 is 1.06 bits per heavy atom. The van der Waals surface area contributed by atoms with Crippen LogP contribution >= 0.6 is 22.7 Å². The van der Waals surface area contributed by atoms with Crippen molar-refractivity contribution in [3.63, 3.8) is 0 Å². The number of unbranched alkanes of at least 4 members (excludes halogenated alkanes) is 10. The fraction of sp³-hybridized carbons (Fsp3) is 0.306. The average molecular weight is 1130 g/mol. The highest BCUT2D eigenvalue weighted by molar-refractivity contribution is 7.20. The Bertz CT molecular complexity index is 3120. The van der Waals surface area contributed by atoms with Crippen LogP contribution in [0.3, 0.4) is 0 Å². The van der Waals surface area contributed by atoms with E-state index in [2.05, 4.69) is 218 Å². The van der Waals surface area contributed by atoms with Crippen LogP contribution in [0.1, 0.15) is 115 Å². The number of benzene rings is 7. The summed E-state index contributed by atoms with van der Waals surface area (Å²) in [5.74, 6) is 1.72. The largest absolute Gasteiger partial charge is 0.493 e. The average Bonchev–Trinajstić information content (AvgIpc) is 4.58. The number of nitrogens with zero attached hydrogens (tertiary/aromatic N) is 2. The molecule has 0 saturated carbocycles. The smallest absolute Gasteiger partial charge is 0.184 e. The lowest BCUT2D eigenvalue weighted by Gasteiger charge is -2.24. The van der Waals surface area contributed by atoms with E-state index in [0.717, 1.165) is 102 Å². The lowest BCUT2D eigenvalue weighted by atomic mass is 10.0. The van der Waals surface area contributed by atoms with Gasteiger partial charge in [0.1, 0.15) is 21.5 Å². The number of thiophene rings is 2. The second-order valence-corrected chi connectivity index (χ2v) is 23.3. The molecule has 2 fully saturated rings. The molecule has 9 aromatic rings. The van der Waals surface area contributed by atoms with Crippen molar-refractivity contribution >= 4 is 55.4 Å². The molecule has 2 aromatic heterocycles. The Hall–Kier alpha value is -7.02. The molecule has 11 rings (SSSR count). The van der Waals surface area contributed by atoms with Gasteiger partial charge in [0.25, 0.3) is 0 Å². The topological polar surface area (TPSA) is 61.9 Å². The molecule has 2 aliphatic rings. The van der Waals surface area contributed by atoms with Gasteiger partial charge in [0.15, 0.2) is 12.6 Å². The quantitative estimate of drug-likeness (QED) is 0.0450. The lowest BCUT2D eigenvalue weighted by Crippen LogP contribution is -2.09. The van der Waals surface area contributed by atoms with Gasteiger partial charge in [-0.05, 0) is 120 Å². The van der Waals surface area contributed by atoms with Crippen molar-refractivity contribution in [1.82, 2.24) is 0 Å². The van der Waals surface area contributed by atoms with E-state index in [4.69, 9.17) is 28.4 Å². The van der Waals surface area contributed by atoms with Crippen LogP contribution in [0.15, 0.2) is 194 Å². The second-order valence-electron chi connectivity index (χ2n) is 21.2. The number of anilines is 6. The number of hydrogen-bond acceptors (Lipinski definition) is 10. The fourth-order valence-corrected chi connectivity index (χ4v) is 13.0. The van der Waals surface area contributed by atoms with Crippen molar-refractivity contribution in [3.8, 4) is 54.6 Å². The Morgan fingerprint density at radius 1 is 0.366 bits per heavy atom. The van der Waals surface area contributed by atoms with Crippen LogP contribution in [-0.2, 0) is 18.9 Å². The maximum Gasteiger partial charge on any atom is 0.184 e. The van der Waals surface area contributed by atoms with Crippen LogP contribution in [0.2, 0.25) is 0 Å². The predicted molar refractivity (Wildman–Crippen MR) is 340 cm³/mol. The molecule has 8 nitrogen and oxygen atoms in total. The van der Waals surface area contributed by atoms with Crippen molar-refractivity contribution in [2.24, 2.45) is 0 Å². The first-order valence-corrected chi connectivity index (χ1v) is 31.4. The van der Waals surface area contributed by atoms with Crippen molar-refractivity contribution in [1.29, 1.82) is 0 Å². The predicted octanol–water partition coefficient (Wildman–Crippen LogP) is 21.0. The number of ether oxygens (including phenoxy) is 6. The van der Waals surface area contributed by atoms with Gasteiger partial charge < -0.3 is 38.2 Å². The van der Waals surface area contributed by atoms with Gasteiger partial charge in [-0.3, -0.25) is 0 Å². The molecule has 2 aliphatic heterocycles. The van der Waals surface area contributed by atoms with E-state index in [0.29, 0.717) is 39.6 Å². The Morgan fingerprint density at radius 2 is 0.695 bits per heavy atom. The highest BCUT2D eigenvalue weighted by Gasteiger charge is 2.25. The summed E-state index contributed by atoms with van der Waals surface area (Å²) in [4.78, 5) is 6.91. The Labute approximate surface area is 493 Å². The lowest BCUT2D eigenvalue weighted by molar-refractivity contribution is -0.0443. The van der Waals surface area contributed by atoms with Crippen LogP contribution in [-0.4, -0.2) is 39.6 Å². The molecule has 0 bridgehead atoms. The highest BCUT2D eigenvalue weighted by Crippen LogP contribution is 2.50. The third-order valence-electron chi connectivity index (χ3n) is 15.3. The molecule has 0 atom stereocenters. The van der Waals surface area contributed by atoms with Crippen LogP contribution in [0.4, 0.5) is 32.8 Å². The van der Waals surface area contributed by atoms with Crippen molar-refractivity contribution in [3.05, 3.63) is 205 Å². The van der Waals surface area contributed by atoms with E-state index in [-0.39, 0.29) is 12.6 Å². The van der Waals surface area contributed by atoms with E-state index < -0.39 is 0 Å². The van der Waals surface area contributed by atoms with Gasteiger partial charge in [-0.2, -0.15) is 0 Å². The minimum Gasteiger partial charge on any atom is -0.493 e. The molecular weight excluding hydrogens is 1050 g/mol. The molecule has 7 aromatic carbocycles. The SMILES string of the molecule is CCCCCCCCOc1cc(-c2ccc(N(c3ccc(-c4ccccc4)cc3)c3ccc(C4OCCO4)cc3)s2)c(OCCCCCCCC)cc1-c1ccc(N(c2ccc(-c3ccccc3)cc2)c2ccc(C3OCCO3)cc2)s1. The van der Waals surface area contributed by atoms with Crippen LogP contribution in [0.25, 0.3) is 43.1 Å². The molecule has 82 heavy (non-hydrogen) atoms. The van der Waals surface area contributed by atoms with Crippen molar-refractivity contribution < 1.29 is 28.4 Å². The summed E-state index contributed by atoms with van der Waals surface area (Å²) in [6, 6.07) is 69.6. The third-order valence-corrected chi connectivity index (χ3v) is 17.5. The first kappa shape index (κ1) is 56.8. The second kappa shape index (κ2) is 28.8. The van der Waals surface area contributed by atoms with Crippen LogP contribution in [0, 0.1) is 0 Å². The molecule has 4 heterocycles. The molecule has 0 amide bonds. The standard InChI is InChI=1S/C72H76N2O6S2/c1-3-5-7-9-11-19-45-75-65-51-64(68-42-44-70(82-68)74(62-39-31-58(32-40-62)72-79-49-50-80-72)60-35-27-56(28-36-60)54-23-17-14-18-24-54)66(76-46-20-12-10-8-6-4-2)52-63(65)67-41-43-69(81-67)73(61-37-29-57(30-38-61)71-77-47-48-78-71)59-33-25-55(26-34-59)53-21-15-13-16-22-53/h13-18,21-44,51-52,71-72H,3-12,19-20,45-50H2,1-2H3. The molecule has 0 radical (unpaired) electrons. The van der Waals surface area contributed by atoms with Gasteiger partial charge >= 0.3 is 0 Å². The fourth-order valence-electron chi connectivity index (χ4n) is 10.8. The summed E-state index contributed by atoms with van der Waals surface area (Å²) in [6.07, 6.45) is 13.5. The van der Waals surface area contributed by atoms with Gasteiger partial charge in [-0.1, -0.05) is 187 Å². The number of rotatable bonds is 28. The van der Waals surface area contributed by atoms with Crippen molar-refractivity contribution in [2.75, 3.05) is 49.4 Å². The minimum atomic E-state index is -0.348. The first-order chi connectivity index (χ1) is 40.6. The van der Waals surface area contributed by atoms with Gasteiger partial charge in [0.2, 0.25) is 0 Å². The van der Waals surface area contributed by atoms with Crippen molar-refractivity contribution in [2.45, 2.75) is 103 Å². The first-order valence-electron chi connectivity index (χ1n) is 29.8. The van der Waals surface area contributed by atoms with E-state index in [1.807, 2.05) is 0 Å². The zero-order valence-electron chi connectivity index (χ0n) is 47.5. The summed E-state index contributed by atoms with van der Waals surface area (Å²) in [5.41, 5.74) is 13.0. The number of hydrogen-bond donors (Lipinski definition) is 0. The van der Waals surface area contributed by atoms with E-state index in [9.17, 15) is 0 Å². The Balaban J connectivity index is 0.975. The van der Waals surface area contributed by atoms with Gasteiger partial charge in [-0.15, -0.1) is 22.7 Å². The summed E-state index contributed by atoms with van der Waals surface area (Å²) >= 11 is 3.53. The summed E-state index contributed by atoms with van der Waals surface area (Å²) in [7, 11) is 0.